The van der Waals surface area contributed by atoms with Gasteiger partial charge >= 0.3 is 0 Å². The summed E-state index contributed by atoms with van der Waals surface area (Å²) in [6, 6.07) is -0.149. The van der Waals surface area contributed by atoms with Gasteiger partial charge in [0.05, 0.1) is 5.69 Å². The Kier molecular flexibility index (Phi) is 3.50. The Bertz CT molecular complexity index is 423. The molecular formula is C13H21N3O. The Morgan fingerprint density at radius 3 is 2.88 bits per heavy atom. The van der Waals surface area contributed by atoms with Gasteiger partial charge in [0.1, 0.15) is 11.9 Å². The van der Waals surface area contributed by atoms with Crippen molar-refractivity contribution in [3.63, 3.8) is 0 Å². The monoisotopic (exact) mass is 235 g/mol. The third kappa shape index (κ3) is 2.21. The molecule has 2 rings (SSSR count). The topological polar surface area (TPSA) is 46.9 Å². The zero-order valence-electron chi connectivity index (χ0n) is 10.9. The third-order valence-corrected chi connectivity index (χ3v) is 3.46. The van der Waals surface area contributed by atoms with Gasteiger partial charge in [-0.3, -0.25) is 4.79 Å². The highest BCUT2D eigenvalue weighted by molar-refractivity contribution is 5.80. The molecule has 1 unspecified atom stereocenters. The van der Waals surface area contributed by atoms with Crippen LogP contribution in [0, 0.1) is 6.92 Å². The first kappa shape index (κ1) is 12.1. The highest BCUT2D eigenvalue weighted by Gasteiger charge is 2.24. The minimum absolute atomic E-state index is 0.0846. The third-order valence-electron chi connectivity index (χ3n) is 3.46. The molecule has 94 valence electrons. The van der Waals surface area contributed by atoms with Crippen molar-refractivity contribution in [2.45, 2.75) is 52.5 Å². The Morgan fingerprint density at radius 2 is 2.18 bits per heavy atom. The number of fused-ring (bicyclic) bond motifs is 1. The number of carbonyl (C=O) groups excluding carboxylic acids is 1. The summed E-state index contributed by atoms with van der Waals surface area (Å²) in [4.78, 5) is 16.5. The number of rotatable bonds is 3. The van der Waals surface area contributed by atoms with E-state index in [-0.39, 0.29) is 11.9 Å². The molecule has 1 N–H and O–H groups in total. The van der Waals surface area contributed by atoms with Crippen LogP contribution in [-0.2, 0) is 17.6 Å². The molecular weight excluding hydrogens is 214 g/mol. The van der Waals surface area contributed by atoms with Gasteiger partial charge in [-0.25, -0.2) is 4.98 Å². The summed E-state index contributed by atoms with van der Waals surface area (Å²) in [6.45, 7) is 6.57. The first-order valence-electron chi connectivity index (χ1n) is 6.49. The van der Waals surface area contributed by atoms with E-state index in [4.69, 9.17) is 0 Å². The molecule has 1 aromatic heterocycles. The molecule has 17 heavy (non-hydrogen) atoms. The highest BCUT2D eigenvalue weighted by Crippen LogP contribution is 2.25. The highest BCUT2D eigenvalue weighted by atomic mass is 16.2. The van der Waals surface area contributed by atoms with Gasteiger partial charge in [-0.05, 0) is 46.5 Å². The molecule has 1 amide bonds. The standard InChI is InChI=1S/C13H21N3O/c1-4-14-13(17)9(2)16-10(3)15-11-7-5-6-8-12(11)16/h9H,4-8H2,1-3H3,(H,14,17). The molecule has 0 aromatic carbocycles. The molecule has 0 saturated carbocycles. The molecule has 1 aliphatic carbocycles. The van der Waals surface area contributed by atoms with Gasteiger partial charge in [-0.1, -0.05) is 0 Å². The molecule has 0 spiro atoms. The van der Waals surface area contributed by atoms with Crippen molar-refractivity contribution in [1.82, 2.24) is 14.9 Å². The van der Waals surface area contributed by atoms with Gasteiger partial charge in [0.15, 0.2) is 0 Å². The molecule has 4 nitrogen and oxygen atoms in total. The minimum Gasteiger partial charge on any atom is -0.355 e. The second-order valence-electron chi connectivity index (χ2n) is 4.70. The number of nitrogens with zero attached hydrogens (tertiary/aromatic N) is 2. The largest absolute Gasteiger partial charge is 0.355 e. The molecule has 4 heteroatoms. The normalized spacial score (nSPS) is 16.4. The molecule has 0 aliphatic heterocycles. The Labute approximate surface area is 102 Å². The van der Waals surface area contributed by atoms with Crippen LogP contribution in [0.2, 0.25) is 0 Å². The average molecular weight is 235 g/mol. The van der Waals surface area contributed by atoms with Crippen molar-refractivity contribution in [3.8, 4) is 0 Å². The van der Waals surface area contributed by atoms with Crippen LogP contribution in [-0.4, -0.2) is 22.0 Å². The van der Waals surface area contributed by atoms with Gasteiger partial charge in [-0.2, -0.15) is 0 Å². The van der Waals surface area contributed by atoms with E-state index in [1.165, 1.54) is 24.2 Å². The van der Waals surface area contributed by atoms with Crippen LogP contribution >= 0.6 is 0 Å². The summed E-state index contributed by atoms with van der Waals surface area (Å²) in [5.74, 6) is 1.05. The number of imidazole rings is 1. The van der Waals surface area contributed by atoms with Crippen molar-refractivity contribution < 1.29 is 4.79 Å². The Hall–Kier alpha value is -1.32. The van der Waals surface area contributed by atoms with Crippen LogP contribution in [0.4, 0.5) is 0 Å². The van der Waals surface area contributed by atoms with Crippen LogP contribution in [0.5, 0.6) is 0 Å². The molecule has 1 heterocycles. The molecule has 1 aromatic rings. The van der Waals surface area contributed by atoms with Crippen LogP contribution in [0.3, 0.4) is 0 Å². The molecule has 0 bridgehead atoms. The van der Waals surface area contributed by atoms with E-state index in [9.17, 15) is 4.79 Å². The SMILES string of the molecule is CCNC(=O)C(C)n1c(C)nc2c1CCCC2. The molecule has 0 saturated heterocycles. The lowest BCUT2D eigenvalue weighted by Gasteiger charge is -2.20. The maximum atomic E-state index is 11.9. The summed E-state index contributed by atoms with van der Waals surface area (Å²) >= 11 is 0. The van der Waals surface area contributed by atoms with Crippen molar-refractivity contribution >= 4 is 5.91 Å². The number of aromatic nitrogens is 2. The van der Waals surface area contributed by atoms with Gasteiger partial charge in [0.25, 0.3) is 0 Å². The lowest BCUT2D eigenvalue weighted by Crippen LogP contribution is -2.32. The van der Waals surface area contributed by atoms with E-state index < -0.39 is 0 Å². The number of amides is 1. The van der Waals surface area contributed by atoms with Gasteiger partial charge in [0.2, 0.25) is 5.91 Å². The lowest BCUT2D eigenvalue weighted by molar-refractivity contribution is -0.123. The number of hydrogen-bond donors (Lipinski definition) is 1. The maximum Gasteiger partial charge on any atom is 0.242 e. The van der Waals surface area contributed by atoms with Crippen LogP contribution in [0.25, 0.3) is 0 Å². The maximum absolute atomic E-state index is 11.9. The second kappa shape index (κ2) is 4.90. The van der Waals surface area contributed by atoms with Crippen molar-refractivity contribution in [3.05, 3.63) is 17.2 Å². The lowest BCUT2D eigenvalue weighted by atomic mass is 10.0. The molecule has 0 fully saturated rings. The number of aryl methyl sites for hydroxylation is 2. The number of likely N-dealkylation sites (N-methyl/N-ethyl adjacent to an activating group) is 1. The first-order chi connectivity index (χ1) is 8.15. The fourth-order valence-electron chi connectivity index (χ4n) is 2.65. The number of hydrogen-bond acceptors (Lipinski definition) is 2. The smallest absolute Gasteiger partial charge is 0.242 e. The number of nitrogens with one attached hydrogen (secondary N) is 1. The van der Waals surface area contributed by atoms with E-state index in [1.54, 1.807) is 0 Å². The van der Waals surface area contributed by atoms with E-state index in [0.717, 1.165) is 18.7 Å². The van der Waals surface area contributed by atoms with E-state index in [2.05, 4.69) is 14.9 Å². The first-order valence-corrected chi connectivity index (χ1v) is 6.49. The van der Waals surface area contributed by atoms with Crippen LogP contribution in [0.15, 0.2) is 0 Å². The minimum atomic E-state index is -0.149. The van der Waals surface area contributed by atoms with Crippen LogP contribution in [0.1, 0.15) is 49.9 Å². The van der Waals surface area contributed by atoms with E-state index in [0.29, 0.717) is 6.54 Å². The van der Waals surface area contributed by atoms with Crippen molar-refractivity contribution in [2.24, 2.45) is 0 Å². The summed E-state index contributed by atoms with van der Waals surface area (Å²) in [7, 11) is 0. The molecule has 1 atom stereocenters. The summed E-state index contributed by atoms with van der Waals surface area (Å²) < 4.78 is 2.11. The fourth-order valence-corrected chi connectivity index (χ4v) is 2.65. The number of carbonyl (C=O) groups is 1. The molecule has 1 aliphatic rings. The fraction of sp³-hybridized carbons (Fsp3) is 0.692. The second-order valence-corrected chi connectivity index (χ2v) is 4.70. The van der Waals surface area contributed by atoms with Gasteiger partial charge < -0.3 is 9.88 Å². The van der Waals surface area contributed by atoms with Crippen LogP contribution < -0.4 is 5.32 Å². The predicted octanol–water partition coefficient (Wildman–Crippen LogP) is 1.77. The predicted molar refractivity (Wildman–Crippen MR) is 67.0 cm³/mol. The Balaban J connectivity index is 2.31. The van der Waals surface area contributed by atoms with E-state index in [1.807, 2.05) is 20.8 Å². The quantitative estimate of drug-likeness (QED) is 0.868. The van der Waals surface area contributed by atoms with Crippen molar-refractivity contribution in [2.75, 3.05) is 6.54 Å². The van der Waals surface area contributed by atoms with Gasteiger partial charge in [0, 0.05) is 12.2 Å². The molecule has 0 radical (unpaired) electrons. The summed E-state index contributed by atoms with van der Waals surface area (Å²) in [5, 5.41) is 2.88. The summed E-state index contributed by atoms with van der Waals surface area (Å²) in [5.41, 5.74) is 2.47. The van der Waals surface area contributed by atoms with Gasteiger partial charge in [-0.15, -0.1) is 0 Å². The zero-order valence-corrected chi connectivity index (χ0v) is 10.9. The summed E-state index contributed by atoms with van der Waals surface area (Å²) in [6.07, 6.45) is 4.55. The zero-order chi connectivity index (χ0) is 12.4. The van der Waals surface area contributed by atoms with Crippen molar-refractivity contribution in [1.29, 1.82) is 0 Å². The Morgan fingerprint density at radius 1 is 1.47 bits per heavy atom. The van der Waals surface area contributed by atoms with E-state index >= 15 is 0 Å². The average Bonchev–Trinajstić information content (AvgIpc) is 2.64.